The van der Waals surface area contributed by atoms with E-state index in [0.29, 0.717) is 21.7 Å². The van der Waals surface area contributed by atoms with Gasteiger partial charge in [0.1, 0.15) is 5.58 Å². The number of nitrogens with zero attached hydrogens (tertiary/aromatic N) is 2. The van der Waals surface area contributed by atoms with Crippen LogP contribution in [0, 0.1) is 13.8 Å². The van der Waals surface area contributed by atoms with Gasteiger partial charge in [0.15, 0.2) is 10.6 Å². The summed E-state index contributed by atoms with van der Waals surface area (Å²) in [5, 5.41) is 1.01. The monoisotopic (exact) mass is 522 g/mol. The lowest BCUT2D eigenvalue weighted by Crippen LogP contribution is -2.29. The zero-order chi connectivity index (χ0) is 23.7. The van der Waals surface area contributed by atoms with Crippen LogP contribution < -0.4 is 10.3 Å². The lowest BCUT2D eigenvalue weighted by Gasteiger charge is -2.24. The predicted molar refractivity (Wildman–Crippen MR) is 136 cm³/mol. The molecule has 0 unspecified atom stereocenters. The van der Waals surface area contributed by atoms with Crippen LogP contribution in [0.3, 0.4) is 0 Å². The van der Waals surface area contributed by atoms with Crippen molar-refractivity contribution in [3.05, 3.63) is 90.2 Å². The van der Waals surface area contributed by atoms with Crippen molar-refractivity contribution in [3.8, 4) is 0 Å². The van der Waals surface area contributed by atoms with Crippen LogP contribution >= 0.6 is 27.3 Å². The quantitative estimate of drug-likeness (QED) is 0.294. The highest BCUT2D eigenvalue weighted by molar-refractivity contribution is 9.10. The molecule has 1 aliphatic heterocycles. The summed E-state index contributed by atoms with van der Waals surface area (Å²) in [6.45, 7) is 10.4. The van der Waals surface area contributed by atoms with Gasteiger partial charge in [-0.2, -0.15) is 0 Å². The highest BCUT2D eigenvalue weighted by Crippen LogP contribution is 2.43. The second-order valence-corrected chi connectivity index (χ2v) is 11.5. The Bertz CT molecular complexity index is 1460. The Hall–Kier alpha value is -2.77. The topological polar surface area (TPSA) is 63.4 Å². The first kappa shape index (κ1) is 22.0. The average molecular weight is 523 g/mol. The van der Waals surface area contributed by atoms with Gasteiger partial charge in [0.25, 0.3) is 5.91 Å². The first-order valence-electron chi connectivity index (χ1n) is 10.7. The second kappa shape index (κ2) is 7.64. The Kier molecular flexibility index (Phi) is 5.10. The maximum Gasteiger partial charge on any atom is 0.297 e. The number of aryl methyl sites for hydroxylation is 2. The van der Waals surface area contributed by atoms with Crippen LogP contribution in [-0.4, -0.2) is 10.9 Å². The molecule has 0 saturated carbocycles. The van der Waals surface area contributed by atoms with E-state index in [0.717, 1.165) is 20.6 Å². The summed E-state index contributed by atoms with van der Waals surface area (Å²) in [4.78, 5) is 34.6. The number of hydrogen-bond acceptors (Lipinski definition) is 5. The van der Waals surface area contributed by atoms with Crippen molar-refractivity contribution in [1.82, 2.24) is 4.98 Å². The number of carbonyl (C=O) groups excluding carboxylic acids is 1. The predicted octanol–water partition coefficient (Wildman–Crippen LogP) is 6.68. The van der Waals surface area contributed by atoms with Gasteiger partial charge in [-0.1, -0.05) is 61.0 Å². The van der Waals surface area contributed by atoms with Crippen LogP contribution in [0.15, 0.2) is 56.1 Å². The summed E-state index contributed by atoms with van der Waals surface area (Å²) in [6, 6.07) is 12.8. The van der Waals surface area contributed by atoms with Gasteiger partial charge in [-0.05, 0) is 48.6 Å². The fourth-order valence-electron chi connectivity index (χ4n) is 4.18. The average Bonchev–Trinajstić information content (AvgIpc) is 3.24. The number of carbonyl (C=O) groups is 1. The largest absolute Gasteiger partial charge is 0.450 e. The summed E-state index contributed by atoms with van der Waals surface area (Å²) in [7, 11) is 0. The summed E-state index contributed by atoms with van der Waals surface area (Å²) < 4.78 is 6.81. The Balaban J connectivity index is 1.78. The molecule has 1 atom stereocenters. The number of thiazole rings is 1. The standard InChI is InChI=1S/C26H23BrN2O3S/c1-13-14(2)33-25(28-13)29-21(15-6-8-16(9-7-15)26(3,4)5)20-22(30)18-12-17(27)10-11-19(18)32-23(20)24(29)31/h6-12,21H,1-5H3/t21-/m0/s1. The first-order chi connectivity index (χ1) is 15.6. The molecule has 3 heterocycles. The summed E-state index contributed by atoms with van der Waals surface area (Å²) in [5.41, 5.74) is 3.45. The Morgan fingerprint density at radius 2 is 1.76 bits per heavy atom. The fourth-order valence-corrected chi connectivity index (χ4v) is 5.48. The number of benzene rings is 2. The van der Waals surface area contributed by atoms with Crippen LogP contribution in [0.4, 0.5) is 5.13 Å². The van der Waals surface area contributed by atoms with Crippen LogP contribution in [-0.2, 0) is 5.41 Å². The molecular weight excluding hydrogens is 500 g/mol. The van der Waals surface area contributed by atoms with Gasteiger partial charge in [0, 0.05) is 9.35 Å². The molecule has 0 fully saturated rings. The molecule has 0 N–H and O–H groups in total. The number of hydrogen-bond donors (Lipinski definition) is 0. The highest BCUT2D eigenvalue weighted by atomic mass is 79.9. The normalized spacial score (nSPS) is 16.0. The van der Waals surface area contributed by atoms with E-state index in [4.69, 9.17) is 4.42 Å². The minimum absolute atomic E-state index is 0.00728. The van der Waals surface area contributed by atoms with Crippen molar-refractivity contribution in [1.29, 1.82) is 0 Å². The Labute approximate surface area is 204 Å². The molecule has 0 aliphatic carbocycles. The van der Waals surface area contributed by atoms with E-state index in [2.05, 4.69) is 53.8 Å². The summed E-state index contributed by atoms with van der Waals surface area (Å²) in [6.07, 6.45) is 0. The van der Waals surface area contributed by atoms with Gasteiger partial charge < -0.3 is 4.42 Å². The van der Waals surface area contributed by atoms with E-state index in [1.54, 1.807) is 23.1 Å². The molecule has 4 aromatic rings. The summed E-state index contributed by atoms with van der Waals surface area (Å²) >= 11 is 4.89. The molecule has 0 radical (unpaired) electrons. The Morgan fingerprint density at radius 3 is 2.36 bits per heavy atom. The highest BCUT2D eigenvalue weighted by Gasteiger charge is 2.45. The van der Waals surface area contributed by atoms with Crippen molar-refractivity contribution in [2.75, 3.05) is 4.90 Å². The maximum atomic E-state index is 13.7. The van der Waals surface area contributed by atoms with Crippen molar-refractivity contribution in [2.45, 2.75) is 46.1 Å². The minimum Gasteiger partial charge on any atom is -0.450 e. The van der Waals surface area contributed by atoms with Gasteiger partial charge in [-0.25, -0.2) is 4.98 Å². The third-order valence-corrected chi connectivity index (χ3v) is 7.71. The zero-order valence-corrected chi connectivity index (χ0v) is 21.4. The smallest absolute Gasteiger partial charge is 0.297 e. The van der Waals surface area contributed by atoms with Crippen molar-refractivity contribution >= 4 is 49.3 Å². The lowest BCUT2D eigenvalue weighted by atomic mass is 9.86. The molecule has 33 heavy (non-hydrogen) atoms. The van der Waals surface area contributed by atoms with E-state index in [1.807, 2.05) is 26.0 Å². The number of aromatic nitrogens is 1. The molecule has 7 heteroatoms. The molecular formula is C26H23BrN2O3S. The van der Waals surface area contributed by atoms with Crippen molar-refractivity contribution < 1.29 is 9.21 Å². The number of amides is 1. The number of fused-ring (bicyclic) bond motifs is 2. The molecule has 2 aromatic heterocycles. The third-order valence-electron chi connectivity index (χ3n) is 6.15. The molecule has 168 valence electrons. The van der Waals surface area contributed by atoms with Gasteiger partial charge in [-0.3, -0.25) is 14.5 Å². The van der Waals surface area contributed by atoms with Crippen LogP contribution in [0.2, 0.25) is 0 Å². The first-order valence-corrected chi connectivity index (χ1v) is 12.3. The van der Waals surface area contributed by atoms with Gasteiger partial charge in [-0.15, -0.1) is 11.3 Å². The zero-order valence-electron chi connectivity index (χ0n) is 19.0. The molecule has 0 bridgehead atoms. The van der Waals surface area contributed by atoms with Crippen LogP contribution in [0.5, 0.6) is 0 Å². The molecule has 0 saturated heterocycles. The lowest BCUT2D eigenvalue weighted by molar-refractivity contribution is 0.0971. The Morgan fingerprint density at radius 1 is 1.06 bits per heavy atom. The molecule has 2 aromatic carbocycles. The molecule has 5 nitrogen and oxygen atoms in total. The number of anilines is 1. The van der Waals surface area contributed by atoms with E-state index in [-0.39, 0.29) is 22.5 Å². The van der Waals surface area contributed by atoms with E-state index in [1.165, 1.54) is 16.9 Å². The van der Waals surface area contributed by atoms with E-state index >= 15 is 0 Å². The van der Waals surface area contributed by atoms with Crippen LogP contribution in [0.25, 0.3) is 11.0 Å². The summed E-state index contributed by atoms with van der Waals surface area (Å²) in [5.74, 6) is -0.254. The van der Waals surface area contributed by atoms with Gasteiger partial charge in [0.2, 0.25) is 5.76 Å². The second-order valence-electron chi connectivity index (χ2n) is 9.40. The van der Waals surface area contributed by atoms with Crippen molar-refractivity contribution in [3.63, 3.8) is 0 Å². The van der Waals surface area contributed by atoms with Gasteiger partial charge >= 0.3 is 0 Å². The number of halogens is 1. The number of rotatable bonds is 2. The van der Waals surface area contributed by atoms with Crippen LogP contribution in [0.1, 0.15) is 64.6 Å². The fraction of sp³-hybridized carbons (Fsp3) is 0.269. The third kappa shape index (κ3) is 3.54. The SMILES string of the molecule is Cc1nc(N2C(=O)c3oc4ccc(Br)cc4c(=O)c3[C@@H]2c2ccc(C(C)(C)C)cc2)sc1C. The van der Waals surface area contributed by atoms with E-state index in [9.17, 15) is 9.59 Å². The maximum absolute atomic E-state index is 13.7. The van der Waals surface area contributed by atoms with E-state index < -0.39 is 6.04 Å². The molecule has 1 amide bonds. The van der Waals surface area contributed by atoms with Gasteiger partial charge in [0.05, 0.1) is 22.7 Å². The molecule has 1 aliphatic rings. The minimum atomic E-state index is -0.605. The molecule has 5 rings (SSSR count). The van der Waals surface area contributed by atoms with Crippen molar-refractivity contribution in [2.24, 2.45) is 0 Å². The molecule has 0 spiro atoms.